The lowest BCUT2D eigenvalue weighted by atomic mass is 10.2. The lowest BCUT2D eigenvalue weighted by Crippen LogP contribution is -2.30. The zero-order chi connectivity index (χ0) is 22.8. The highest BCUT2D eigenvalue weighted by atomic mass is 19.4. The molecule has 0 radical (unpaired) electrons. The summed E-state index contributed by atoms with van der Waals surface area (Å²) in [6, 6.07) is 6.81. The van der Waals surface area contributed by atoms with Crippen molar-refractivity contribution in [1.29, 1.82) is 0 Å². The lowest BCUT2D eigenvalue weighted by Gasteiger charge is -2.14. The molecule has 0 aliphatic rings. The van der Waals surface area contributed by atoms with Crippen molar-refractivity contribution in [2.24, 2.45) is 0 Å². The first-order valence-electron chi connectivity index (χ1n) is 8.95. The van der Waals surface area contributed by atoms with E-state index in [1.807, 2.05) is 0 Å². The average Bonchev–Trinajstić information content (AvgIpc) is 3.13. The van der Waals surface area contributed by atoms with Crippen LogP contribution in [0.2, 0.25) is 0 Å². The predicted molar refractivity (Wildman–Crippen MR) is 101 cm³/mol. The second kappa shape index (κ2) is 8.72. The van der Waals surface area contributed by atoms with Crippen LogP contribution >= 0.6 is 0 Å². The lowest BCUT2D eigenvalue weighted by molar-refractivity contribution is -0.138. The highest BCUT2D eigenvalue weighted by molar-refractivity contribution is 5.89. The monoisotopic (exact) mass is 440 g/mol. The molecule has 0 saturated heterocycles. The SMILES string of the molecule is Cc1cccc(-n2ncc(C(F)(F)F)c2CNC(=O)Nc2ccc(CO)c(F)c2)c1F. The number of aryl methyl sites for hydroxylation is 1. The number of nitrogens with zero attached hydrogens (tertiary/aromatic N) is 2. The van der Waals surface area contributed by atoms with Gasteiger partial charge in [0.25, 0.3) is 0 Å². The largest absolute Gasteiger partial charge is 0.419 e. The zero-order valence-corrected chi connectivity index (χ0v) is 16.1. The van der Waals surface area contributed by atoms with E-state index >= 15 is 0 Å². The van der Waals surface area contributed by atoms with E-state index in [0.29, 0.717) is 6.20 Å². The quantitative estimate of drug-likeness (QED) is 0.518. The Balaban J connectivity index is 1.85. The average molecular weight is 440 g/mol. The predicted octanol–water partition coefficient (Wildman–Crippen LogP) is 4.29. The van der Waals surface area contributed by atoms with Gasteiger partial charge in [-0.1, -0.05) is 18.2 Å². The molecule has 2 amide bonds. The molecule has 3 aromatic rings. The van der Waals surface area contributed by atoms with E-state index in [-0.39, 0.29) is 22.5 Å². The Morgan fingerprint density at radius 2 is 1.94 bits per heavy atom. The van der Waals surface area contributed by atoms with Crippen LogP contribution in [0.4, 0.5) is 32.4 Å². The number of hydrogen-bond donors (Lipinski definition) is 3. The van der Waals surface area contributed by atoms with E-state index in [9.17, 15) is 26.7 Å². The van der Waals surface area contributed by atoms with Gasteiger partial charge in [0, 0.05) is 11.3 Å². The Labute approximate surface area is 173 Å². The number of anilines is 1. The molecule has 0 spiro atoms. The first kappa shape index (κ1) is 22.2. The number of amides is 2. The molecule has 3 N–H and O–H groups in total. The van der Waals surface area contributed by atoms with E-state index in [1.54, 1.807) is 0 Å². The number of alkyl halides is 3. The number of halogens is 5. The number of carbonyl (C=O) groups excluding carboxylic acids is 1. The molecular formula is C20H17F5N4O2. The van der Waals surface area contributed by atoms with Gasteiger partial charge in [-0.05, 0) is 30.7 Å². The zero-order valence-electron chi connectivity index (χ0n) is 16.1. The molecule has 0 atom stereocenters. The third-order valence-electron chi connectivity index (χ3n) is 4.47. The van der Waals surface area contributed by atoms with Gasteiger partial charge in [-0.3, -0.25) is 0 Å². The number of aromatic nitrogens is 2. The first-order chi connectivity index (χ1) is 14.6. The van der Waals surface area contributed by atoms with Crippen LogP contribution in [0.15, 0.2) is 42.6 Å². The van der Waals surface area contributed by atoms with Crippen molar-refractivity contribution in [2.45, 2.75) is 26.3 Å². The molecule has 31 heavy (non-hydrogen) atoms. The van der Waals surface area contributed by atoms with Gasteiger partial charge in [0.05, 0.1) is 30.6 Å². The fourth-order valence-corrected chi connectivity index (χ4v) is 2.88. The van der Waals surface area contributed by atoms with Crippen molar-refractivity contribution >= 4 is 11.7 Å². The minimum absolute atomic E-state index is 0.0184. The molecule has 164 valence electrons. The fourth-order valence-electron chi connectivity index (χ4n) is 2.88. The molecule has 0 unspecified atom stereocenters. The third kappa shape index (κ3) is 4.82. The maximum Gasteiger partial charge on any atom is 0.419 e. The van der Waals surface area contributed by atoms with Crippen molar-refractivity contribution in [3.05, 3.63) is 76.6 Å². The molecule has 0 aliphatic heterocycles. The van der Waals surface area contributed by atoms with Gasteiger partial charge >= 0.3 is 12.2 Å². The second-order valence-electron chi connectivity index (χ2n) is 6.59. The molecule has 6 nitrogen and oxygen atoms in total. The van der Waals surface area contributed by atoms with Gasteiger partial charge in [-0.2, -0.15) is 18.3 Å². The first-order valence-corrected chi connectivity index (χ1v) is 8.95. The van der Waals surface area contributed by atoms with Crippen LogP contribution in [0.5, 0.6) is 0 Å². The van der Waals surface area contributed by atoms with Crippen molar-refractivity contribution < 1.29 is 31.9 Å². The van der Waals surface area contributed by atoms with Crippen molar-refractivity contribution in [2.75, 3.05) is 5.32 Å². The maximum atomic E-state index is 14.5. The Kier molecular flexibility index (Phi) is 6.25. The van der Waals surface area contributed by atoms with Crippen LogP contribution in [-0.2, 0) is 19.3 Å². The summed E-state index contributed by atoms with van der Waals surface area (Å²) in [4.78, 5) is 12.1. The molecule has 11 heteroatoms. The Morgan fingerprint density at radius 3 is 2.58 bits per heavy atom. The smallest absolute Gasteiger partial charge is 0.392 e. The van der Waals surface area contributed by atoms with Gasteiger partial charge in [0.2, 0.25) is 0 Å². The van der Waals surface area contributed by atoms with E-state index < -0.39 is 48.3 Å². The molecule has 1 heterocycles. The third-order valence-corrected chi connectivity index (χ3v) is 4.47. The topological polar surface area (TPSA) is 79.2 Å². The van der Waals surface area contributed by atoms with Crippen LogP contribution in [0.25, 0.3) is 5.69 Å². The van der Waals surface area contributed by atoms with E-state index in [0.717, 1.165) is 10.7 Å². The highest BCUT2D eigenvalue weighted by Crippen LogP contribution is 2.33. The molecule has 3 rings (SSSR count). The summed E-state index contributed by atoms with van der Waals surface area (Å²) >= 11 is 0. The molecule has 0 saturated carbocycles. The number of hydrogen-bond acceptors (Lipinski definition) is 3. The maximum absolute atomic E-state index is 14.5. The summed E-state index contributed by atoms with van der Waals surface area (Å²) in [5, 5.41) is 17.1. The van der Waals surface area contributed by atoms with Gasteiger partial charge in [-0.15, -0.1) is 0 Å². The van der Waals surface area contributed by atoms with Crippen LogP contribution in [-0.4, -0.2) is 20.9 Å². The summed E-state index contributed by atoms with van der Waals surface area (Å²) in [6.07, 6.45) is -4.23. The van der Waals surface area contributed by atoms with Crippen LogP contribution in [0.3, 0.4) is 0 Å². The molecule has 0 aliphatic carbocycles. The normalized spacial score (nSPS) is 11.5. The minimum Gasteiger partial charge on any atom is -0.392 e. The number of carbonyl (C=O) groups is 1. The van der Waals surface area contributed by atoms with Crippen molar-refractivity contribution in [3.63, 3.8) is 0 Å². The number of nitrogens with one attached hydrogen (secondary N) is 2. The van der Waals surface area contributed by atoms with Crippen molar-refractivity contribution in [1.82, 2.24) is 15.1 Å². The number of aliphatic hydroxyl groups excluding tert-OH is 1. The van der Waals surface area contributed by atoms with E-state index in [4.69, 9.17) is 5.11 Å². The summed E-state index contributed by atoms with van der Waals surface area (Å²) in [6.45, 7) is 0.295. The molecular weight excluding hydrogens is 423 g/mol. The summed E-state index contributed by atoms with van der Waals surface area (Å²) in [7, 11) is 0. The van der Waals surface area contributed by atoms with Crippen molar-refractivity contribution in [3.8, 4) is 5.69 Å². The summed E-state index contributed by atoms with van der Waals surface area (Å²) < 4.78 is 69.2. The van der Waals surface area contributed by atoms with Gasteiger partial charge in [-0.25, -0.2) is 18.3 Å². The molecule has 2 aromatic carbocycles. The summed E-state index contributed by atoms with van der Waals surface area (Å²) in [5.41, 5.74) is -1.55. The highest BCUT2D eigenvalue weighted by Gasteiger charge is 2.36. The standard InChI is InChI=1S/C20H17F5N4O2/c1-11-3-2-4-16(18(11)22)29-17(14(8-27-29)20(23,24)25)9-26-19(31)28-13-6-5-12(10-30)15(21)7-13/h2-8,30H,9-10H2,1H3,(H2,26,28,31). The Bertz CT molecular complexity index is 1110. The summed E-state index contributed by atoms with van der Waals surface area (Å²) in [5.74, 6) is -1.50. The van der Waals surface area contributed by atoms with Gasteiger partial charge in [0.15, 0.2) is 5.82 Å². The van der Waals surface area contributed by atoms with E-state index in [2.05, 4.69) is 15.7 Å². The Morgan fingerprint density at radius 1 is 1.19 bits per heavy atom. The number of benzene rings is 2. The van der Waals surface area contributed by atoms with Crippen LogP contribution < -0.4 is 10.6 Å². The molecule has 0 bridgehead atoms. The molecule has 0 fully saturated rings. The Hall–Kier alpha value is -3.47. The minimum atomic E-state index is -4.78. The van der Waals surface area contributed by atoms with Crippen LogP contribution in [0, 0.1) is 18.6 Å². The van der Waals surface area contributed by atoms with E-state index in [1.165, 1.54) is 37.3 Å². The number of aliphatic hydroxyl groups is 1. The second-order valence-corrected chi connectivity index (χ2v) is 6.59. The van der Waals surface area contributed by atoms with Gasteiger partial charge in [0.1, 0.15) is 11.5 Å². The number of urea groups is 1. The van der Waals surface area contributed by atoms with Gasteiger partial charge < -0.3 is 15.7 Å². The molecule has 1 aromatic heterocycles. The number of rotatable bonds is 5. The van der Waals surface area contributed by atoms with Crippen LogP contribution in [0.1, 0.15) is 22.4 Å². The fraction of sp³-hybridized carbons (Fsp3) is 0.200.